The Labute approximate surface area is 70.7 Å². The van der Waals surface area contributed by atoms with E-state index in [1.165, 1.54) is 25.6 Å². The smallest absolute Gasteiger partial charge is 0.143 e. The molecule has 0 spiro atoms. The van der Waals surface area contributed by atoms with Crippen molar-refractivity contribution in [2.24, 2.45) is 11.8 Å². The third-order valence-corrected chi connectivity index (χ3v) is 2.53. The predicted octanol–water partition coefficient (Wildman–Crippen LogP) is 0.109. The Morgan fingerprint density at radius 3 is 2.92 bits per heavy atom. The summed E-state index contributed by atoms with van der Waals surface area (Å²) in [5, 5.41) is 6.63. The van der Waals surface area contributed by atoms with Crippen LogP contribution >= 0.6 is 0 Å². The summed E-state index contributed by atoms with van der Waals surface area (Å²) in [6.45, 7) is 0. The third kappa shape index (κ3) is 1.21. The third-order valence-electron chi connectivity index (χ3n) is 2.53. The second kappa shape index (κ2) is 3.20. The van der Waals surface area contributed by atoms with Gasteiger partial charge in [-0.1, -0.05) is 6.42 Å². The Bertz CT molecular complexity index is 228. The van der Waals surface area contributed by atoms with Gasteiger partial charge in [-0.3, -0.25) is 10.9 Å². The van der Waals surface area contributed by atoms with Crippen LogP contribution in [0, 0.1) is 5.92 Å². The Hall–Kier alpha value is -0.940. The average molecular weight is 167 g/mol. The highest BCUT2D eigenvalue weighted by molar-refractivity contribution is 4.96. The van der Waals surface area contributed by atoms with Crippen LogP contribution in [-0.4, -0.2) is 15.2 Å². The number of hydrogen-bond acceptors (Lipinski definition) is 4. The molecule has 5 heteroatoms. The van der Waals surface area contributed by atoms with E-state index < -0.39 is 0 Å². The highest BCUT2D eigenvalue weighted by Gasteiger charge is 2.29. The van der Waals surface area contributed by atoms with E-state index in [1.54, 1.807) is 0 Å². The Morgan fingerprint density at radius 2 is 2.50 bits per heavy atom. The number of H-pyrrole nitrogens is 1. The zero-order valence-corrected chi connectivity index (χ0v) is 6.83. The Kier molecular flexibility index (Phi) is 2.05. The van der Waals surface area contributed by atoms with Gasteiger partial charge in [0.05, 0.1) is 6.04 Å². The van der Waals surface area contributed by atoms with E-state index in [1.807, 2.05) is 0 Å². The van der Waals surface area contributed by atoms with Gasteiger partial charge < -0.3 is 0 Å². The van der Waals surface area contributed by atoms with Gasteiger partial charge in [-0.05, 0) is 18.8 Å². The number of hydrazine groups is 1. The summed E-state index contributed by atoms with van der Waals surface area (Å²) < 4.78 is 0. The number of nitrogens with two attached hydrogens (primary N) is 1. The lowest BCUT2D eigenvalue weighted by Crippen LogP contribution is -2.37. The minimum atomic E-state index is 0.154. The van der Waals surface area contributed by atoms with E-state index in [-0.39, 0.29) is 6.04 Å². The SMILES string of the molecule is NNC(c1ncn[nH]1)C1CCC1. The van der Waals surface area contributed by atoms with E-state index in [0.717, 1.165) is 5.82 Å². The van der Waals surface area contributed by atoms with Gasteiger partial charge in [-0.25, -0.2) is 10.4 Å². The van der Waals surface area contributed by atoms with Crippen LogP contribution in [0.3, 0.4) is 0 Å². The maximum absolute atomic E-state index is 5.44. The lowest BCUT2D eigenvalue weighted by molar-refractivity contribution is 0.225. The Morgan fingerprint density at radius 1 is 1.67 bits per heavy atom. The summed E-state index contributed by atoms with van der Waals surface area (Å²) in [5.74, 6) is 6.91. The number of aromatic amines is 1. The molecular formula is C7H13N5. The summed E-state index contributed by atoms with van der Waals surface area (Å²) in [7, 11) is 0. The van der Waals surface area contributed by atoms with Gasteiger partial charge in [0.2, 0.25) is 0 Å². The summed E-state index contributed by atoms with van der Waals surface area (Å²) in [6, 6.07) is 0.154. The summed E-state index contributed by atoms with van der Waals surface area (Å²) in [4.78, 5) is 4.08. The van der Waals surface area contributed by atoms with E-state index >= 15 is 0 Å². The number of hydrogen-bond donors (Lipinski definition) is 3. The second-order valence-electron chi connectivity index (χ2n) is 3.21. The first-order chi connectivity index (χ1) is 5.92. The van der Waals surface area contributed by atoms with Gasteiger partial charge in [-0.15, -0.1) is 0 Å². The van der Waals surface area contributed by atoms with Gasteiger partial charge in [0.1, 0.15) is 12.2 Å². The lowest BCUT2D eigenvalue weighted by Gasteiger charge is -2.31. The fraction of sp³-hybridized carbons (Fsp3) is 0.714. The van der Waals surface area contributed by atoms with Crippen molar-refractivity contribution in [3.8, 4) is 0 Å². The van der Waals surface area contributed by atoms with Crippen molar-refractivity contribution in [1.29, 1.82) is 0 Å². The first-order valence-corrected chi connectivity index (χ1v) is 4.23. The minimum absolute atomic E-state index is 0.154. The van der Waals surface area contributed by atoms with Crippen molar-refractivity contribution in [1.82, 2.24) is 20.6 Å². The number of nitrogens with one attached hydrogen (secondary N) is 2. The van der Waals surface area contributed by atoms with Crippen LogP contribution in [0.5, 0.6) is 0 Å². The number of aromatic nitrogens is 3. The molecule has 12 heavy (non-hydrogen) atoms. The molecule has 0 bridgehead atoms. The van der Waals surface area contributed by atoms with Crippen LogP contribution in [0.25, 0.3) is 0 Å². The highest BCUT2D eigenvalue weighted by Crippen LogP contribution is 2.35. The highest BCUT2D eigenvalue weighted by atomic mass is 15.3. The molecule has 1 fully saturated rings. The summed E-state index contributed by atoms with van der Waals surface area (Å²) >= 11 is 0. The Balaban J connectivity index is 2.07. The molecule has 5 nitrogen and oxygen atoms in total. The molecule has 1 atom stereocenters. The van der Waals surface area contributed by atoms with E-state index in [9.17, 15) is 0 Å². The van der Waals surface area contributed by atoms with Crippen LogP contribution in [-0.2, 0) is 0 Å². The maximum Gasteiger partial charge on any atom is 0.143 e. The molecule has 66 valence electrons. The monoisotopic (exact) mass is 167 g/mol. The second-order valence-corrected chi connectivity index (χ2v) is 3.21. The molecule has 1 aromatic heterocycles. The summed E-state index contributed by atoms with van der Waals surface area (Å²) in [5.41, 5.74) is 2.77. The normalized spacial score (nSPS) is 20.4. The van der Waals surface area contributed by atoms with E-state index in [2.05, 4.69) is 20.6 Å². The molecule has 1 heterocycles. The number of rotatable bonds is 3. The lowest BCUT2D eigenvalue weighted by atomic mass is 9.80. The summed E-state index contributed by atoms with van der Waals surface area (Å²) in [6.07, 6.45) is 5.28. The molecule has 1 aliphatic carbocycles. The quantitative estimate of drug-likeness (QED) is 0.441. The first kappa shape index (κ1) is 7.70. The molecule has 0 saturated heterocycles. The molecule has 0 aromatic carbocycles. The molecule has 4 N–H and O–H groups in total. The molecular weight excluding hydrogens is 154 g/mol. The first-order valence-electron chi connectivity index (χ1n) is 4.23. The van der Waals surface area contributed by atoms with Crippen molar-refractivity contribution in [3.05, 3.63) is 12.2 Å². The zero-order valence-electron chi connectivity index (χ0n) is 6.83. The molecule has 1 saturated carbocycles. The molecule has 1 aliphatic rings. The van der Waals surface area contributed by atoms with Crippen LogP contribution < -0.4 is 11.3 Å². The van der Waals surface area contributed by atoms with Crippen LogP contribution in [0.1, 0.15) is 31.1 Å². The predicted molar refractivity (Wildman–Crippen MR) is 43.8 cm³/mol. The van der Waals surface area contributed by atoms with Crippen LogP contribution in [0.15, 0.2) is 6.33 Å². The van der Waals surface area contributed by atoms with Crippen molar-refractivity contribution < 1.29 is 0 Å². The van der Waals surface area contributed by atoms with E-state index in [0.29, 0.717) is 5.92 Å². The van der Waals surface area contributed by atoms with Crippen molar-refractivity contribution in [3.63, 3.8) is 0 Å². The fourth-order valence-corrected chi connectivity index (χ4v) is 1.58. The van der Waals surface area contributed by atoms with Crippen molar-refractivity contribution in [2.45, 2.75) is 25.3 Å². The zero-order chi connectivity index (χ0) is 8.39. The fourth-order valence-electron chi connectivity index (χ4n) is 1.58. The molecule has 1 aromatic rings. The molecule has 0 aliphatic heterocycles. The van der Waals surface area contributed by atoms with E-state index in [4.69, 9.17) is 5.84 Å². The van der Waals surface area contributed by atoms with Gasteiger partial charge >= 0.3 is 0 Å². The molecule has 2 rings (SSSR count). The van der Waals surface area contributed by atoms with Gasteiger partial charge in [-0.2, -0.15) is 5.10 Å². The minimum Gasteiger partial charge on any atom is -0.271 e. The largest absolute Gasteiger partial charge is 0.271 e. The van der Waals surface area contributed by atoms with Crippen LogP contribution in [0.4, 0.5) is 0 Å². The van der Waals surface area contributed by atoms with Crippen LogP contribution in [0.2, 0.25) is 0 Å². The van der Waals surface area contributed by atoms with Crippen molar-refractivity contribution >= 4 is 0 Å². The average Bonchev–Trinajstić information content (AvgIpc) is 2.47. The standard InChI is InChI=1S/C7H13N5/c8-11-6(5-2-1-3-5)7-9-4-10-12-7/h4-6,11H,1-3,8H2,(H,9,10,12). The molecule has 0 amide bonds. The molecule has 0 radical (unpaired) electrons. The van der Waals surface area contributed by atoms with Gasteiger partial charge in [0, 0.05) is 0 Å². The van der Waals surface area contributed by atoms with Gasteiger partial charge in [0.25, 0.3) is 0 Å². The topological polar surface area (TPSA) is 79.6 Å². The van der Waals surface area contributed by atoms with Gasteiger partial charge in [0.15, 0.2) is 0 Å². The maximum atomic E-state index is 5.44. The number of nitrogens with zero attached hydrogens (tertiary/aromatic N) is 2. The van der Waals surface area contributed by atoms with Crippen molar-refractivity contribution in [2.75, 3.05) is 0 Å². The molecule has 1 unspecified atom stereocenters.